The maximum absolute atomic E-state index is 11.2. The standard InChI is InChI=1S/C6H8N4O2/c1-7-4-8-5(11)10-2-3-12-6(10)9-4/h2-3H2,1H3,(H,7,8,11). The smallest absolute Gasteiger partial charge is 0.355 e. The first-order valence-electron chi connectivity index (χ1n) is 3.60. The Hall–Kier alpha value is -1.59. The van der Waals surface area contributed by atoms with Gasteiger partial charge in [-0.25, -0.2) is 9.36 Å². The summed E-state index contributed by atoms with van der Waals surface area (Å²) in [5.74, 6) is 0.299. The number of hydrogen-bond acceptors (Lipinski definition) is 5. The third-order valence-electron chi connectivity index (χ3n) is 1.63. The second-order valence-electron chi connectivity index (χ2n) is 2.36. The average Bonchev–Trinajstić information content (AvgIpc) is 2.52. The highest BCUT2D eigenvalue weighted by Crippen LogP contribution is 2.10. The fourth-order valence-electron chi connectivity index (χ4n) is 1.05. The Morgan fingerprint density at radius 1 is 1.58 bits per heavy atom. The molecule has 0 spiro atoms. The van der Waals surface area contributed by atoms with Crippen LogP contribution < -0.4 is 15.7 Å². The van der Waals surface area contributed by atoms with E-state index >= 15 is 0 Å². The third-order valence-corrected chi connectivity index (χ3v) is 1.63. The van der Waals surface area contributed by atoms with Crippen molar-refractivity contribution >= 4 is 5.95 Å². The SMILES string of the molecule is CNc1nc2n(c(=O)n1)CCO2. The zero-order chi connectivity index (χ0) is 8.55. The molecule has 1 aliphatic rings. The van der Waals surface area contributed by atoms with Gasteiger partial charge in [-0.15, -0.1) is 0 Å². The summed E-state index contributed by atoms with van der Waals surface area (Å²) in [6, 6.07) is 0.347. The van der Waals surface area contributed by atoms with Crippen LogP contribution in [0.25, 0.3) is 0 Å². The normalized spacial score (nSPS) is 13.8. The van der Waals surface area contributed by atoms with Gasteiger partial charge in [-0.1, -0.05) is 0 Å². The summed E-state index contributed by atoms with van der Waals surface area (Å²) in [5.41, 5.74) is -0.318. The molecule has 0 aliphatic carbocycles. The van der Waals surface area contributed by atoms with Gasteiger partial charge in [-0.05, 0) is 0 Å². The topological polar surface area (TPSA) is 69.0 Å². The summed E-state index contributed by atoms with van der Waals surface area (Å²) < 4.78 is 6.50. The molecule has 12 heavy (non-hydrogen) atoms. The minimum Gasteiger partial charge on any atom is -0.463 e. The number of nitrogens with one attached hydrogen (secondary N) is 1. The van der Waals surface area contributed by atoms with Gasteiger partial charge in [0, 0.05) is 7.05 Å². The minimum absolute atomic E-state index is 0.299. The molecule has 0 unspecified atom stereocenters. The number of ether oxygens (including phenoxy) is 1. The molecule has 6 nitrogen and oxygen atoms in total. The summed E-state index contributed by atoms with van der Waals surface area (Å²) in [7, 11) is 1.65. The largest absolute Gasteiger partial charge is 0.463 e. The van der Waals surface area contributed by atoms with E-state index in [9.17, 15) is 4.79 Å². The van der Waals surface area contributed by atoms with E-state index in [0.29, 0.717) is 25.1 Å². The van der Waals surface area contributed by atoms with Gasteiger partial charge in [0.2, 0.25) is 5.95 Å². The van der Waals surface area contributed by atoms with Crippen molar-refractivity contribution in [2.45, 2.75) is 6.54 Å². The van der Waals surface area contributed by atoms with Crippen LogP contribution in [-0.2, 0) is 6.54 Å². The van der Waals surface area contributed by atoms with Gasteiger partial charge in [0.1, 0.15) is 6.61 Å². The van der Waals surface area contributed by atoms with Crippen LogP contribution in [0.3, 0.4) is 0 Å². The summed E-state index contributed by atoms with van der Waals surface area (Å²) >= 11 is 0. The molecule has 0 fully saturated rings. The molecule has 1 aliphatic heterocycles. The quantitative estimate of drug-likeness (QED) is 0.586. The molecule has 2 rings (SSSR count). The monoisotopic (exact) mass is 168 g/mol. The Balaban J connectivity index is 2.59. The third kappa shape index (κ3) is 0.919. The fourth-order valence-corrected chi connectivity index (χ4v) is 1.05. The lowest BCUT2D eigenvalue weighted by Gasteiger charge is -2.00. The molecular formula is C6H8N4O2. The van der Waals surface area contributed by atoms with Gasteiger partial charge in [-0.3, -0.25) is 0 Å². The Labute approximate surface area is 68.2 Å². The van der Waals surface area contributed by atoms with Crippen molar-refractivity contribution in [1.29, 1.82) is 0 Å². The van der Waals surface area contributed by atoms with Crippen molar-refractivity contribution in [1.82, 2.24) is 14.5 Å². The molecule has 6 heteroatoms. The molecule has 1 N–H and O–H groups in total. The number of nitrogens with zero attached hydrogens (tertiary/aromatic N) is 3. The van der Waals surface area contributed by atoms with E-state index in [4.69, 9.17) is 4.74 Å². The van der Waals surface area contributed by atoms with E-state index < -0.39 is 0 Å². The molecule has 0 amide bonds. The first-order valence-corrected chi connectivity index (χ1v) is 3.60. The lowest BCUT2D eigenvalue weighted by Crippen LogP contribution is -2.22. The molecule has 0 aromatic carbocycles. The lowest BCUT2D eigenvalue weighted by atomic mass is 10.7. The van der Waals surface area contributed by atoms with Gasteiger partial charge in [0.05, 0.1) is 6.54 Å². The second-order valence-corrected chi connectivity index (χ2v) is 2.36. The zero-order valence-corrected chi connectivity index (χ0v) is 6.57. The lowest BCUT2D eigenvalue weighted by molar-refractivity contribution is 0.344. The molecule has 0 atom stereocenters. The average molecular weight is 168 g/mol. The van der Waals surface area contributed by atoms with Crippen molar-refractivity contribution < 1.29 is 4.74 Å². The maximum atomic E-state index is 11.2. The van der Waals surface area contributed by atoms with Crippen LogP contribution in [-0.4, -0.2) is 28.2 Å². The Kier molecular flexibility index (Phi) is 1.46. The van der Waals surface area contributed by atoms with Crippen LogP contribution in [0.5, 0.6) is 6.01 Å². The minimum atomic E-state index is -0.318. The van der Waals surface area contributed by atoms with Crippen molar-refractivity contribution in [2.24, 2.45) is 0 Å². The van der Waals surface area contributed by atoms with Gasteiger partial charge in [-0.2, -0.15) is 9.97 Å². The number of fused-ring (bicyclic) bond motifs is 1. The van der Waals surface area contributed by atoms with Crippen LogP contribution >= 0.6 is 0 Å². The predicted octanol–water partition coefficient (Wildman–Crippen LogP) is -0.928. The van der Waals surface area contributed by atoms with Crippen molar-refractivity contribution in [3.63, 3.8) is 0 Å². The summed E-state index contributed by atoms with van der Waals surface area (Å²) in [5, 5.41) is 2.68. The molecule has 1 aromatic rings. The van der Waals surface area contributed by atoms with Gasteiger partial charge >= 0.3 is 11.7 Å². The Bertz CT molecular complexity index is 359. The highest BCUT2D eigenvalue weighted by atomic mass is 16.5. The first-order chi connectivity index (χ1) is 5.81. The summed E-state index contributed by atoms with van der Waals surface area (Å²) in [4.78, 5) is 18.8. The Morgan fingerprint density at radius 2 is 2.42 bits per heavy atom. The predicted molar refractivity (Wildman–Crippen MR) is 41.3 cm³/mol. The molecule has 0 saturated heterocycles. The number of aromatic nitrogens is 3. The van der Waals surface area contributed by atoms with E-state index in [0.717, 1.165) is 0 Å². The van der Waals surface area contributed by atoms with E-state index in [1.54, 1.807) is 7.05 Å². The molecule has 0 radical (unpaired) electrons. The first kappa shape index (κ1) is 7.08. The van der Waals surface area contributed by atoms with Crippen LogP contribution in [0.4, 0.5) is 5.95 Å². The van der Waals surface area contributed by atoms with Gasteiger partial charge in [0.15, 0.2) is 0 Å². The highest BCUT2D eigenvalue weighted by Gasteiger charge is 2.15. The van der Waals surface area contributed by atoms with Crippen LogP contribution in [0, 0.1) is 0 Å². The molecule has 1 aromatic heterocycles. The second kappa shape index (κ2) is 2.47. The van der Waals surface area contributed by atoms with Crippen molar-refractivity contribution in [3.8, 4) is 6.01 Å². The number of anilines is 1. The number of rotatable bonds is 1. The summed E-state index contributed by atoms with van der Waals surface area (Å²) in [6.45, 7) is 1.04. The van der Waals surface area contributed by atoms with Crippen molar-refractivity contribution in [2.75, 3.05) is 19.0 Å². The van der Waals surface area contributed by atoms with E-state index in [1.165, 1.54) is 4.57 Å². The molecule has 64 valence electrons. The zero-order valence-electron chi connectivity index (χ0n) is 6.57. The van der Waals surface area contributed by atoms with Crippen LogP contribution in [0.15, 0.2) is 4.79 Å². The van der Waals surface area contributed by atoms with Gasteiger partial charge < -0.3 is 10.1 Å². The molecule has 0 bridgehead atoms. The van der Waals surface area contributed by atoms with Crippen LogP contribution in [0.1, 0.15) is 0 Å². The summed E-state index contributed by atoms with van der Waals surface area (Å²) in [6.07, 6.45) is 0. The highest BCUT2D eigenvalue weighted by molar-refractivity contribution is 5.23. The number of hydrogen-bond donors (Lipinski definition) is 1. The van der Waals surface area contributed by atoms with Crippen molar-refractivity contribution in [3.05, 3.63) is 10.5 Å². The van der Waals surface area contributed by atoms with E-state index in [-0.39, 0.29) is 5.69 Å². The molecule has 0 saturated carbocycles. The van der Waals surface area contributed by atoms with Gasteiger partial charge in [0.25, 0.3) is 0 Å². The van der Waals surface area contributed by atoms with E-state index in [2.05, 4.69) is 15.3 Å². The van der Waals surface area contributed by atoms with E-state index in [1.807, 2.05) is 0 Å². The molecular weight excluding hydrogens is 160 g/mol. The molecule has 2 heterocycles. The maximum Gasteiger partial charge on any atom is 0.355 e. The Morgan fingerprint density at radius 3 is 3.17 bits per heavy atom. The van der Waals surface area contributed by atoms with Crippen LogP contribution in [0.2, 0.25) is 0 Å². The fraction of sp³-hybridized carbons (Fsp3) is 0.500.